The number of carbonyl (C=O) groups is 4. The molecule has 1 aliphatic heterocycles. The Morgan fingerprint density at radius 3 is 2.63 bits per heavy atom. The van der Waals surface area contributed by atoms with Gasteiger partial charge in [-0.05, 0) is 44.0 Å². The lowest BCUT2D eigenvalue weighted by Gasteiger charge is -2.23. The summed E-state index contributed by atoms with van der Waals surface area (Å²) >= 11 is 0. The number of nitrogens with one attached hydrogen (secondary N) is 4. The topological polar surface area (TPSA) is 180 Å². The lowest BCUT2D eigenvalue weighted by atomic mass is 10.1. The number of nitrogens with zero attached hydrogens (tertiary/aromatic N) is 4. The second-order valence-corrected chi connectivity index (χ2v) is 10.9. The second-order valence-electron chi connectivity index (χ2n) is 10.9. The molecule has 2 aromatic carbocycles. The molecule has 4 amide bonds. The average molecular weight is 629 g/mol. The highest BCUT2D eigenvalue weighted by Gasteiger charge is 2.24. The molecule has 0 saturated heterocycles. The van der Waals surface area contributed by atoms with Crippen LogP contribution in [0.3, 0.4) is 0 Å². The Hall–Kier alpha value is -5.53. The molecule has 0 spiro atoms. The maximum absolute atomic E-state index is 13.5. The van der Waals surface area contributed by atoms with E-state index >= 15 is 0 Å². The van der Waals surface area contributed by atoms with Crippen molar-refractivity contribution >= 4 is 34.4 Å². The van der Waals surface area contributed by atoms with Crippen molar-refractivity contribution in [2.45, 2.75) is 38.8 Å². The molecule has 3 heterocycles. The highest BCUT2D eigenvalue weighted by atomic mass is 16.5. The van der Waals surface area contributed by atoms with E-state index < -0.39 is 29.3 Å². The van der Waals surface area contributed by atoms with Gasteiger partial charge in [0.15, 0.2) is 0 Å². The van der Waals surface area contributed by atoms with Gasteiger partial charge in [0, 0.05) is 42.4 Å². The molecule has 0 fully saturated rings. The quantitative estimate of drug-likeness (QED) is 0.255. The van der Waals surface area contributed by atoms with Gasteiger partial charge in [-0.3, -0.25) is 24.0 Å². The standard InChI is InChI=1S/C32H36N8O6/c1-21-25-9-2-3-10-26(25)32(45)40(38-21)19-29(42)39-13-5-4-11-35-31(44)27(16-23-17-33-20-36-23)37-30(43)22-7-6-8-24(15-22)46-14-12-34-28(41)18-39/h2-3,6-10,15,17,20,27H,4-5,11-14,16,18-19H2,1H3,(H,33,36)(H,34,41)(H,35,44)(H,37,43)/t27-/m0/s1. The van der Waals surface area contributed by atoms with Gasteiger partial charge in [-0.1, -0.05) is 24.3 Å². The minimum Gasteiger partial charge on any atom is -0.492 e. The van der Waals surface area contributed by atoms with E-state index in [2.05, 4.69) is 31.0 Å². The van der Waals surface area contributed by atoms with E-state index in [4.69, 9.17) is 4.74 Å². The Morgan fingerprint density at radius 1 is 1.00 bits per heavy atom. The third-order valence-corrected chi connectivity index (χ3v) is 7.57. The van der Waals surface area contributed by atoms with Crippen LogP contribution in [0.15, 0.2) is 65.8 Å². The van der Waals surface area contributed by atoms with Gasteiger partial charge >= 0.3 is 0 Å². The largest absolute Gasteiger partial charge is 0.492 e. The van der Waals surface area contributed by atoms with Crippen LogP contribution < -0.4 is 26.2 Å². The molecule has 2 aromatic heterocycles. The molecule has 5 rings (SSSR count). The van der Waals surface area contributed by atoms with Crippen molar-refractivity contribution in [2.75, 3.05) is 32.8 Å². The molecule has 14 nitrogen and oxygen atoms in total. The normalized spacial score (nSPS) is 17.1. The summed E-state index contributed by atoms with van der Waals surface area (Å²) in [6, 6.07) is 12.7. The predicted octanol–water partition coefficient (Wildman–Crippen LogP) is 0.703. The predicted molar refractivity (Wildman–Crippen MR) is 168 cm³/mol. The number of rotatable bonds is 4. The summed E-state index contributed by atoms with van der Waals surface area (Å²) in [5.74, 6) is -1.24. The number of aryl methyl sites for hydroxylation is 1. The third-order valence-electron chi connectivity index (χ3n) is 7.57. The van der Waals surface area contributed by atoms with Gasteiger partial charge in [0.25, 0.3) is 11.5 Å². The number of hydrogen-bond donors (Lipinski definition) is 4. The summed E-state index contributed by atoms with van der Waals surface area (Å²) in [6.45, 7) is 1.97. The van der Waals surface area contributed by atoms with Crippen molar-refractivity contribution in [2.24, 2.45) is 0 Å². The van der Waals surface area contributed by atoms with Gasteiger partial charge in [-0.15, -0.1) is 0 Å². The van der Waals surface area contributed by atoms with Crippen LogP contribution in [0.2, 0.25) is 0 Å². The number of aromatic amines is 1. The highest BCUT2D eigenvalue weighted by molar-refractivity contribution is 5.98. The van der Waals surface area contributed by atoms with Crippen LogP contribution in [0, 0.1) is 6.92 Å². The first-order chi connectivity index (χ1) is 22.3. The van der Waals surface area contributed by atoms with E-state index in [1.54, 1.807) is 55.6 Å². The number of ether oxygens (including phenoxy) is 1. The zero-order chi connectivity index (χ0) is 32.5. The number of amides is 4. The first-order valence-electron chi connectivity index (χ1n) is 15.1. The van der Waals surface area contributed by atoms with Crippen molar-refractivity contribution in [1.29, 1.82) is 0 Å². The van der Waals surface area contributed by atoms with Crippen LogP contribution in [-0.2, 0) is 27.3 Å². The Balaban J connectivity index is 1.31. The minimum absolute atomic E-state index is 0.116. The number of fused-ring (bicyclic) bond motifs is 3. The summed E-state index contributed by atoms with van der Waals surface area (Å²) in [5, 5.41) is 13.9. The fourth-order valence-corrected chi connectivity index (χ4v) is 5.18. The molecule has 0 aliphatic carbocycles. The number of benzene rings is 2. The summed E-state index contributed by atoms with van der Waals surface area (Å²) in [5.41, 5.74) is 1.21. The van der Waals surface area contributed by atoms with Crippen molar-refractivity contribution in [1.82, 2.24) is 40.6 Å². The van der Waals surface area contributed by atoms with Gasteiger partial charge in [-0.2, -0.15) is 5.10 Å². The molecule has 0 unspecified atom stereocenters. The van der Waals surface area contributed by atoms with Gasteiger partial charge in [-0.25, -0.2) is 9.67 Å². The lowest BCUT2D eigenvalue weighted by molar-refractivity contribution is -0.136. The lowest BCUT2D eigenvalue weighted by Crippen LogP contribution is -2.48. The van der Waals surface area contributed by atoms with Crippen LogP contribution in [-0.4, -0.2) is 87.1 Å². The maximum atomic E-state index is 13.5. The van der Waals surface area contributed by atoms with Crippen LogP contribution in [0.5, 0.6) is 5.75 Å². The Bertz CT molecular complexity index is 1770. The van der Waals surface area contributed by atoms with Crippen LogP contribution in [0.25, 0.3) is 10.8 Å². The monoisotopic (exact) mass is 628 g/mol. The Kier molecular flexibility index (Phi) is 10.4. The van der Waals surface area contributed by atoms with E-state index in [0.717, 1.165) is 4.68 Å². The van der Waals surface area contributed by atoms with Crippen molar-refractivity contribution < 1.29 is 23.9 Å². The van der Waals surface area contributed by atoms with Gasteiger partial charge < -0.3 is 30.6 Å². The van der Waals surface area contributed by atoms with Gasteiger partial charge in [0.1, 0.15) is 24.9 Å². The summed E-state index contributed by atoms with van der Waals surface area (Å²) in [4.78, 5) is 74.0. The van der Waals surface area contributed by atoms with E-state index in [1.165, 1.54) is 11.2 Å². The van der Waals surface area contributed by atoms with Crippen molar-refractivity contribution in [3.05, 3.63) is 88.4 Å². The Morgan fingerprint density at radius 2 is 1.83 bits per heavy atom. The molecule has 0 radical (unpaired) electrons. The van der Waals surface area contributed by atoms with Crippen LogP contribution in [0.1, 0.15) is 34.6 Å². The molecule has 46 heavy (non-hydrogen) atoms. The first kappa shape index (κ1) is 31.9. The molecule has 1 atom stereocenters. The van der Waals surface area contributed by atoms with Gasteiger partial charge in [0.05, 0.1) is 30.5 Å². The number of H-pyrrole nitrogens is 1. The zero-order valence-electron chi connectivity index (χ0n) is 25.5. The minimum atomic E-state index is -0.879. The number of aromatic nitrogens is 4. The molecular formula is C32H36N8O6. The molecule has 240 valence electrons. The number of imidazole rings is 1. The first-order valence-corrected chi connectivity index (χ1v) is 15.1. The highest BCUT2D eigenvalue weighted by Crippen LogP contribution is 2.14. The second kappa shape index (κ2) is 15.0. The van der Waals surface area contributed by atoms with Crippen molar-refractivity contribution in [3.63, 3.8) is 0 Å². The zero-order valence-corrected chi connectivity index (χ0v) is 25.5. The summed E-state index contributed by atoms with van der Waals surface area (Å²) in [7, 11) is 0. The maximum Gasteiger partial charge on any atom is 0.275 e. The van der Waals surface area contributed by atoms with Crippen LogP contribution >= 0.6 is 0 Å². The van der Waals surface area contributed by atoms with E-state index in [1.807, 2.05) is 6.07 Å². The fourth-order valence-electron chi connectivity index (χ4n) is 5.18. The molecule has 1 aliphatic rings. The average Bonchev–Trinajstić information content (AvgIpc) is 3.57. The Labute approximate surface area is 264 Å². The van der Waals surface area contributed by atoms with E-state index in [-0.39, 0.29) is 51.7 Å². The van der Waals surface area contributed by atoms with E-state index in [9.17, 15) is 24.0 Å². The molecule has 4 aromatic rings. The molecule has 14 heteroatoms. The van der Waals surface area contributed by atoms with E-state index in [0.29, 0.717) is 46.3 Å². The number of carbonyl (C=O) groups excluding carboxylic acids is 4. The molecule has 2 bridgehead atoms. The summed E-state index contributed by atoms with van der Waals surface area (Å²) in [6.07, 6.45) is 4.24. The van der Waals surface area contributed by atoms with Crippen molar-refractivity contribution in [3.8, 4) is 5.75 Å². The SMILES string of the molecule is Cc1nn(CC(=O)N2CCCCNC(=O)[C@H](Cc3cnc[nH]3)NC(=O)c3cccc(c3)OCCNC(=O)C2)c(=O)c2ccccc12. The molecular weight excluding hydrogens is 592 g/mol. The molecule has 0 saturated carbocycles. The summed E-state index contributed by atoms with van der Waals surface area (Å²) < 4.78 is 6.87. The fraction of sp³-hybridized carbons (Fsp3) is 0.344. The third kappa shape index (κ3) is 8.14. The smallest absolute Gasteiger partial charge is 0.275 e. The number of hydrogen-bond acceptors (Lipinski definition) is 8. The van der Waals surface area contributed by atoms with Crippen LogP contribution in [0.4, 0.5) is 0 Å². The van der Waals surface area contributed by atoms with Gasteiger partial charge in [0.2, 0.25) is 17.7 Å². The molecule has 4 N–H and O–H groups in total.